The monoisotopic (exact) mass is 308 g/mol. The molecule has 0 radical (unpaired) electrons. The largest absolute Gasteiger partial charge is 0.508 e. The number of hydrogen-bond acceptors (Lipinski definition) is 5. The Bertz CT molecular complexity index is 596. The molecule has 120 valence electrons. The van der Waals surface area contributed by atoms with E-state index in [0.717, 1.165) is 6.07 Å². The number of hydrogen-bond donors (Lipinski definition) is 6. The first-order valence-corrected chi connectivity index (χ1v) is 6.65. The number of aromatic hydroxyl groups is 2. The summed E-state index contributed by atoms with van der Waals surface area (Å²) in [6, 6.07) is 1.64. The maximum absolute atomic E-state index is 11.2. The van der Waals surface area contributed by atoms with Gasteiger partial charge in [0.05, 0.1) is 0 Å². The summed E-state index contributed by atoms with van der Waals surface area (Å²) in [5.74, 6) is -1.37. The minimum atomic E-state index is -1.08. The summed E-state index contributed by atoms with van der Waals surface area (Å²) < 4.78 is 6.65. The van der Waals surface area contributed by atoms with E-state index >= 15 is 0 Å². The minimum absolute atomic E-state index is 0.0370. The average Bonchev–Trinajstić information content (AvgIpc) is 2.47. The van der Waals surface area contributed by atoms with E-state index in [2.05, 4.69) is 15.7 Å². The Hall–Kier alpha value is -2.77. The molecule has 0 aromatic heterocycles. The van der Waals surface area contributed by atoms with Gasteiger partial charge in [0.2, 0.25) is 0 Å². The fourth-order valence-electron chi connectivity index (χ4n) is 1.87. The van der Waals surface area contributed by atoms with Crippen LogP contribution in [0.3, 0.4) is 0 Å². The van der Waals surface area contributed by atoms with Gasteiger partial charge in [-0.25, -0.2) is 4.79 Å². The van der Waals surface area contributed by atoms with Crippen LogP contribution >= 0.6 is 0 Å². The fraction of sp³-hybridized carbons (Fsp3) is 0.357. The molecule has 0 amide bonds. The highest BCUT2D eigenvalue weighted by molar-refractivity contribution is 5.88. The van der Waals surface area contributed by atoms with Gasteiger partial charge in [-0.3, -0.25) is 10.4 Å². The van der Waals surface area contributed by atoms with Crippen molar-refractivity contribution in [2.45, 2.75) is 25.8 Å². The normalized spacial score (nSPS) is 13.9. The van der Waals surface area contributed by atoms with Crippen LogP contribution in [0.15, 0.2) is 17.1 Å². The lowest BCUT2D eigenvalue weighted by molar-refractivity contribution is -0.138. The fourth-order valence-corrected chi connectivity index (χ4v) is 1.87. The van der Waals surface area contributed by atoms with E-state index in [-0.39, 0.29) is 23.9 Å². The highest BCUT2D eigenvalue weighted by Gasteiger charge is 2.15. The Labute approximate surface area is 129 Å². The van der Waals surface area contributed by atoms with Gasteiger partial charge in [-0.15, -0.1) is 0 Å². The lowest BCUT2D eigenvalue weighted by Gasteiger charge is -2.09. The Morgan fingerprint density at radius 2 is 2.32 bits per heavy atom. The van der Waals surface area contributed by atoms with Crippen molar-refractivity contribution in [2.75, 3.05) is 6.54 Å². The zero-order valence-corrected chi connectivity index (χ0v) is 12.2. The second-order valence-corrected chi connectivity index (χ2v) is 4.78. The molecule has 8 heteroatoms. The second kappa shape index (κ2) is 7.87. The summed E-state index contributed by atoms with van der Waals surface area (Å²) in [6.45, 7) is 2.04. The number of phenolic OH excluding ortho intramolecular Hbond substituents is 2. The zero-order valence-electron chi connectivity index (χ0n) is 13.2. The molecular formula is C14H20N4O4. The highest BCUT2D eigenvalue weighted by Crippen LogP contribution is 2.25. The number of nitrogens with one attached hydrogen (secondary N) is 2. The van der Waals surface area contributed by atoms with Gasteiger partial charge in [0, 0.05) is 24.4 Å². The number of guanidine groups is 1. The smallest absolute Gasteiger partial charge is 0.328 e. The van der Waals surface area contributed by atoms with Gasteiger partial charge in [-0.05, 0) is 31.4 Å². The third kappa shape index (κ3) is 5.31. The number of carboxylic acid groups (broad SMARTS) is 1. The number of carboxylic acids is 1. The molecule has 0 saturated carbocycles. The molecule has 0 heterocycles. The first-order chi connectivity index (χ1) is 10.8. The Kier molecular flexibility index (Phi) is 5.58. The zero-order chi connectivity index (χ0) is 17.4. The molecule has 0 saturated heterocycles. The summed E-state index contributed by atoms with van der Waals surface area (Å²) in [6.07, 6.45) is 2.00. The number of nitrogens with zero attached hydrogens (tertiary/aromatic N) is 1. The number of phenols is 2. The Balaban J connectivity index is 2.71. The molecular weight excluding hydrogens is 288 g/mol. The lowest BCUT2D eigenvalue weighted by Crippen LogP contribution is -2.31. The van der Waals surface area contributed by atoms with Crippen LogP contribution in [-0.2, 0) is 4.79 Å². The SMILES string of the molecule is [H]/N=C(\N)NCCC[C@H](N=Cc1c(C)cc(O)cc1O)C(=O)O. The van der Waals surface area contributed by atoms with E-state index in [0.29, 0.717) is 24.1 Å². The van der Waals surface area contributed by atoms with Crippen LogP contribution in [0.25, 0.3) is 0 Å². The predicted molar refractivity (Wildman–Crippen MR) is 82.7 cm³/mol. The molecule has 8 nitrogen and oxygen atoms in total. The molecule has 1 atom stereocenters. The van der Waals surface area contributed by atoms with Gasteiger partial charge >= 0.3 is 5.97 Å². The van der Waals surface area contributed by atoms with Crippen molar-refractivity contribution in [3.8, 4) is 11.5 Å². The number of nitrogens with two attached hydrogens (primary N) is 1. The molecule has 22 heavy (non-hydrogen) atoms. The second-order valence-electron chi connectivity index (χ2n) is 4.78. The van der Waals surface area contributed by atoms with E-state index in [1.54, 1.807) is 6.92 Å². The Morgan fingerprint density at radius 3 is 2.91 bits per heavy atom. The average molecular weight is 308 g/mol. The first-order valence-electron chi connectivity index (χ1n) is 7.09. The van der Waals surface area contributed by atoms with Gasteiger partial charge in [-0.1, -0.05) is 0 Å². The minimum Gasteiger partial charge on any atom is -0.508 e. The van der Waals surface area contributed by atoms with Crippen LogP contribution in [0.2, 0.25) is 1.41 Å². The molecule has 1 rings (SSSR count). The number of carbonyl (C=O) groups is 1. The molecule has 0 spiro atoms. The number of benzene rings is 1. The maximum Gasteiger partial charge on any atom is 0.328 e. The molecule has 0 aliphatic rings. The molecule has 7 N–H and O–H groups in total. The highest BCUT2D eigenvalue weighted by atomic mass is 16.4. The lowest BCUT2D eigenvalue weighted by atomic mass is 10.1. The van der Waals surface area contributed by atoms with Crippen LogP contribution in [0.1, 0.15) is 24.0 Å². The predicted octanol–water partition coefficient (Wildman–Crippen LogP) is 0.542. The van der Waals surface area contributed by atoms with E-state index in [1.807, 2.05) is 0 Å². The van der Waals surface area contributed by atoms with Gasteiger partial charge in [0.15, 0.2) is 7.37 Å². The molecule has 1 aromatic rings. The number of rotatable bonds is 7. The third-order valence-electron chi connectivity index (χ3n) is 2.98. The third-order valence-corrected chi connectivity index (χ3v) is 2.98. The summed E-state index contributed by atoms with van der Waals surface area (Å²) >= 11 is 0. The summed E-state index contributed by atoms with van der Waals surface area (Å²) in [5, 5.41) is 33.9. The van der Waals surface area contributed by atoms with Crippen molar-refractivity contribution >= 4 is 18.1 Å². The summed E-state index contributed by atoms with van der Waals surface area (Å²) in [7, 11) is 0. The molecule has 0 aliphatic heterocycles. The number of aryl methyl sites for hydroxylation is 1. The van der Waals surface area contributed by atoms with Crippen LogP contribution in [0.5, 0.6) is 11.5 Å². The van der Waals surface area contributed by atoms with Gasteiger partial charge in [0.25, 0.3) is 0 Å². The van der Waals surface area contributed by atoms with Gasteiger partial charge < -0.3 is 26.4 Å². The summed E-state index contributed by atoms with van der Waals surface area (Å²) in [5.41, 5.74) is 6.23. The first kappa shape index (κ1) is 15.6. The van der Waals surface area contributed by atoms with Crippen LogP contribution in [0.4, 0.5) is 0 Å². The van der Waals surface area contributed by atoms with E-state index < -0.39 is 12.0 Å². The maximum atomic E-state index is 11.2. The molecule has 0 bridgehead atoms. The Morgan fingerprint density at radius 1 is 1.59 bits per heavy atom. The van der Waals surface area contributed by atoms with Crippen molar-refractivity contribution in [1.29, 1.82) is 5.40 Å². The number of aliphatic carboxylic acids is 1. The van der Waals surface area contributed by atoms with Crippen LogP contribution in [0, 0.1) is 12.3 Å². The molecule has 0 unspecified atom stereocenters. The van der Waals surface area contributed by atoms with Crippen LogP contribution in [-0.4, -0.2) is 46.0 Å². The topological polar surface area (TPSA) is 152 Å². The van der Waals surface area contributed by atoms with Crippen molar-refractivity contribution in [3.05, 3.63) is 23.3 Å². The molecule has 1 aromatic carbocycles. The van der Waals surface area contributed by atoms with Crippen LogP contribution < -0.4 is 11.1 Å². The van der Waals surface area contributed by atoms with Gasteiger partial charge in [-0.2, -0.15) is 0 Å². The van der Waals surface area contributed by atoms with Crippen molar-refractivity contribution < 1.29 is 21.5 Å². The molecule has 0 aliphatic carbocycles. The number of aliphatic imine (C=N–C) groups is 1. The van der Waals surface area contributed by atoms with Crippen molar-refractivity contribution in [3.63, 3.8) is 0 Å². The van der Waals surface area contributed by atoms with Crippen molar-refractivity contribution in [1.82, 2.24) is 5.32 Å². The standard InChI is InChI=1S/C14H20N4O4/c1-8-5-9(19)6-12(20)10(8)7-18-11(13(21)22)3-2-4-17-14(15)16/h5-7,11,19-20H,2-4H2,1H3,(H,21,22)(H4,15,16,17)/t11-/m0/s1. The quantitative estimate of drug-likeness (QED) is 0.246. The summed E-state index contributed by atoms with van der Waals surface area (Å²) in [4.78, 5) is 15.2. The van der Waals surface area contributed by atoms with Gasteiger partial charge in [0.1, 0.15) is 17.5 Å². The van der Waals surface area contributed by atoms with E-state index in [1.165, 1.54) is 12.3 Å². The van der Waals surface area contributed by atoms with E-state index in [4.69, 9.17) is 7.15 Å². The molecule has 0 fully saturated rings. The van der Waals surface area contributed by atoms with E-state index in [9.17, 15) is 20.1 Å². The van der Waals surface area contributed by atoms with Crippen molar-refractivity contribution in [2.24, 2.45) is 10.7 Å².